The second kappa shape index (κ2) is 3.13. The van der Waals surface area contributed by atoms with Crippen molar-refractivity contribution in [3.05, 3.63) is 30.2 Å². The van der Waals surface area contributed by atoms with Crippen LogP contribution in [-0.4, -0.2) is 27.2 Å². The summed E-state index contributed by atoms with van der Waals surface area (Å²) >= 11 is 0. The number of aromatic carboxylic acids is 1. The van der Waals surface area contributed by atoms with E-state index in [-0.39, 0.29) is 5.69 Å². The molecule has 0 saturated heterocycles. The summed E-state index contributed by atoms with van der Waals surface area (Å²) < 4.78 is 6.84. The number of imidazole rings is 1. The van der Waals surface area contributed by atoms with Gasteiger partial charge in [-0.05, 0) is 0 Å². The number of aromatic nitrogens is 2. The summed E-state index contributed by atoms with van der Waals surface area (Å²) in [5.74, 6) is -0.999. The van der Waals surface area contributed by atoms with Crippen LogP contribution in [0.5, 0.6) is 0 Å². The van der Waals surface area contributed by atoms with Crippen LogP contribution in [0.25, 0.3) is 5.69 Å². The van der Waals surface area contributed by atoms with Gasteiger partial charge in [0.05, 0.1) is 11.4 Å². The first kappa shape index (κ1) is 9.02. The lowest BCUT2D eigenvalue weighted by Gasteiger charge is -2.01. The monoisotopic (exact) mass is 219 g/mol. The van der Waals surface area contributed by atoms with Crippen LogP contribution in [0.4, 0.5) is 5.69 Å². The molecule has 1 aliphatic rings. The van der Waals surface area contributed by atoms with Crippen molar-refractivity contribution >= 4 is 11.7 Å². The van der Waals surface area contributed by atoms with E-state index >= 15 is 0 Å². The van der Waals surface area contributed by atoms with Gasteiger partial charge in [-0.1, -0.05) is 0 Å². The lowest BCUT2D eigenvalue weighted by molar-refractivity contribution is 0.0690. The molecular formula is C10H9N3O3. The minimum atomic E-state index is -0.999. The van der Waals surface area contributed by atoms with E-state index in [4.69, 9.17) is 9.52 Å². The van der Waals surface area contributed by atoms with Gasteiger partial charge >= 0.3 is 5.97 Å². The number of anilines is 1. The summed E-state index contributed by atoms with van der Waals surface area (Å²) in [6, 6.07) is 0. The Morgan fingerprint density at radius 3 is 3.25 bits per heavy atom. The maximum Gasteiger partial charge on any atom is 0.356 e. The van der Waals surface area contributed by atoms with Gasteiger partial charge in [-0.25, -0.2) is 9.78 Å². The van der Waals surface area contributed by atoms with Crippen LogP contribution in [0.2, 0.25) is 0 Å². The Balaban J connectivity index is 2.23. The summed E-state index contributed by atoms with van der Waals surface area (Å²) in [6.07, 6.45) is 5.31. The van der Waals surface area contributed by atoms with Crippen molar-refractivity contribution in [2.45, 2.75) is 6.42 Å². The smallest absolute Gasteiger partial charge is 0.356 e. The van der Waals surface area contributed by atoms with E-state index in [0.29, 0.717) is 18.7 Å². The third-order valence-electron chi connectivity index (χ3n) is 2.65. The quantitative estimate of drug-likeness (QED) is 0.751. The molecule has 0 amide bonds. The van der Waals surface area contributed by atoms with Crippen molar-refractivity contribution in [3.8, 4) is 5.69 Å². The topological polar surface area (TPSA) is 80.3 Å². The van der Waals surface area contributed by atoms with E-state index in [2.05, 4.69) is 10.3 Å². The molecule has 3 heterocycles. The van der Waals surface area contributed by atoms with Gasteiger partial charge in [-0.3, -0.25) is 4.57 Å². The third-order valence-corrected chi connectivity index (χ3v) is 2.65. The van der Waals surface area contributed by atoms with Gasteiger partial charge in [0.15, 0.2) is 5.69 Å². The normalized spacial score (nSPS) is 13.5. The molecule has 82 valence electrons. The van der Waals surface area contributed by atoms with E-state index in [1.807, 2.05) is 0 Å². The fourth-order valence-electron chi connectivity index (χ4n) is 1.92. The highest BCUT2D eigenvalue weighted by molar-refractivity contribution is 5.87. The maximum absolute atomic E-state index is 11.0. The predicted octanol–water partition coefficient (Wildman–Crippen LogP) is 1.13. The second-order valence-electron chi connectivity index (χ2n) is 3.56. The molecule has 0 bridgehead atoms. The molecule has 0 unspecified atom stereocenters. The van der Waals surface area contributed by atoms with Crippen LogP contribution in [0.1, 0.15) is 16.2 Å². The van der Waals surface area contributed by atoms with Gasteiger partial charge in [0, 0.05) is 13.0 Å². The first-order chi connectivity index (χ1) is 7.77. The van der Waals surface area contributed by atoms with Crippen molar-refractivity contribution in [2.75, 3.05) is 11.9 Å². The van der Waals surface area contributed by atoms with Crippen LogP contribution in [0.15, 0.2) is 23.3 Å². The fourth-order valence-corrected chi connectivity index (χ4v) is 1.92. The van der Waals surface area contributed by atoms with Gasteiger partial charge in [-0.2, -0.15) is 0 Å². The Labute approximate surface area is 90.5 Å². The highest BCUT2D eigenvalue weighted by atomic mass is 16.4. The average molecular weight is 219 g/mol. The minimum absolute atomic E-state index is 0.107. The molecule has 0 aliphatic carbocycles. The average Bonchev–Trinajstić information content (AvgIpc) is 2.82. The SMILES string of the molecule is O=C(O)c1ncn2c1CCNc1cocc1-2. The molecule has 16 heavy (non-hydrogen) atoms. The van der Waals surface area contributed by atoms with E-state index in [0.717, 1.165) is 11.4 Å². The van der Waals surface area contributed by atoms with Crippen LogP contribution in [-0.2, 0) is 6.42 Å². The van der Waals surface area contributed by atoms with Crippen LogP contribution < -0.4 is 5.32 Å². The zero-order chi connectivity index (χ0) is 11.1. The van der Waals surface area contributed by atoms with Gasteiger partial charge in [-0.15, -0.1) is 0 Å². The largest absolute Gasteiger partial charge is 0.476 e. The first-order valence-electron chi connectivity index (χ1n) is 4.87. The summed E-state index contributed by atoms with van der Waals surface area (Å²) in [5, 5.41) is 12.2. The number of rotatable bonds is 1. The second-order valence-corrected chi connectivity index (χ2v) is 3.56. The number of nitrogens with zero attached hydrogens (tertiary/aromatic N) is 2. The summed E-state index contributed by atoms with van der Waals surface area (Å²) in [7, 11) is 0. The first-order valence-corrected chi connectivity index (χ1v) is 4.87. The molecule has 2 aromatic heterocycles. The van der Waals surface area contributed by atoms with Crippen molar-refractivity contribution in [1.82, 2.24) is 9.55 Å². The Hall–Kier alpha value is -2.24. The molecule has 2 N–H and O–H groups in total. The van der Waals surface area contributed by atoms with E-state index in [1.54, 1.807) is 17.1 Å². The molecule has 6 nitrogen and oxygen atoms in total. The molecule has 0 radical (unpaired) electrons. The molecular weight excluding hydrogens is 210 g/mol. The van der Waals surface area contributed by atoms with Gasteiger partial charge < -0.3 is 14.8 Å². The van der Waals surface area contributed by atoms with Crippen molar-refractivity contribution < 1.29 is 14.3 Å². The van der Waals surface area contributed by atoms with E-state index in [1.165, 1.54) is 6.33 Å². The highest BCUT2D eigenvalue weighted by Crippen LogP contribution is 2.27. The number of carboxylic acid groups (broad SMARTS) is 1. The number of carbonyl (C=O) groups is 1. The molecule has 6 heteroatoms. The molecule has 3 rings (SSSR count). The lowest BCUT2D eigenvalue weighted by Crippen LogP contribution is -2.08. The zero-order valence-electron chi connectivity index (χ0n) is 8.30. The number of nitrogens with one attached hydrogen (secondary N) is 1. The number of furan rings is 1. The lowest BCUT2D eigenvalue weighted by atomic mass is 10.2. The van der Waals surface area contributed by atoms with E-state index < -0.39 is 5.97 Å². The zero-order valence-corrected chi connectivity index (χ0v) is 8.30. The molecule has 2 aromatic rings. The highest BCUT2D eigenvalue weighted by Gasteiger charge is 2.22. The summed E-state index contributed by atoms with van der Waals surface area (Å²) in [4.78, 5) is 14.9. The van der Waals surface area contributed by atoms with Crippen LogP contribution in [0.3, 0.4) is 0 Å². The maximum atomic E-state index is 11.0. The molecule has 0 spiro atoms. The molecule has 0 aromatic carbocycles. The number of hydrogen-bond donors (Lipinski definition) is 2. The van der Waals surface area contributed by atoms with Crippen molar-refractivity contribution in [1.29, 1.82) is 0 Å². The summed E-state index contributed by atoms with van der Waals surface area (Å²) in [5.41, 5.74) is 2.46. The molecule has 0 saturated carbocycles. The minimum Gasteiger partial charge on any atom is -0.476 e. The number of hydrogen-bond acceptors (Lipinski definition) is 4. The summed E-state index contributed by atoms with van der Waals surface area (Å²) in [6.45, 7) is 0.665. The number of carboxylic acids is 1. The van der Waals surface area contributed by atoms with Gasteiger partial charge in [0.2, 0.25) is 0 Å². The Morgan fingerprint density at radius 1 is 1.56 bits per heavy atom. The standard InChI is InChI=1S/C10H9N3O3/c14-10(15)9-7-1-2-11-6-3-16-4-8(6)13(7)5-12-9/h3-5,11H,1-2H2,(H,14,15). The fraction of sp³-hybridized carbons (Fsp3) is 0.200. The van der Waals surface area contributed by atoms with Crippen LogP contribution in [0, 0.1) is 0 Å². The van der Waals surface area contributed by atoms with Crippen molar-refractivity contribution in [2.24, 2.45) is 0 Å². The molecule has 1 aliphatic heterocycles. The van der Waals surface area contributed by atoms with Gasteiger partial charge in [0.25, 0.3) is 0 Å². The van der Waals surface area contributed by atoms with Gasteiger partial charge in [0.1, 0.15) is 24.5 Å². The van der Waals surface area contributed by atoms with Crippen LogP contribution >= 0.6 is 0 Å². The van der Waals surface area contributed by atoms with E-state index in [9.17, 15) is 4.79 Å². The van der Waals surface area contributed by atoms with Crippen molar-refractivity contribution in [3.63, 3.8) is 0 Å². The Morgan fingerprint density at radius 2 is 2.44 bits per heavy atom. The Bertz CT molecular complexity index is 555. The molecule has 0 fully saturated rings. The third kappa shape index (κ3) is 1.13. The molecule has 0 atom stereocenters. The Kier molecular flexibility index (Phi) is 1.76. The number of fused-ring (bicyclic) bond motifs is 3. The predicted molar refractivity (Wildman–Crippen MR) is 55.0 cm³/mol.